The molecule has 2 aromatic heterocycles. The molecule has 2 rings (SSSR count). The van der Waals surface area contributed by atoms with E-state index in [1.807, 2.05) is 25.1 Å². The number of carbonyl (C=O) groups excluding carboxylic acids is 1. The Kier molecular flexibility index (Phi) is 5.43. The van der Waals surface area contributed by atoms with Gasteiger partial charge >= 0.3 is 6.03 Å². The number of urea groups is 1. The molecule has 114 valence electrons. The van der Waals surface area contributed by atoms with Crippen LogP contribution in [0.3, 0.4) is 0 Å². The zero-order chi connectivity index (χ0) is 15.8. The van der Waals surface area contributed by atoms with Crippen LogP contribution in [0.5, 0.6) is 0 Å². The second-order valence-corrected chi connectivity index (χ2v) is 4.76. The van der Waals surface area contributed by atoms with E-state index < -0.39 is 0 Å². The summed E-state index contributed by atoms with van der Waals surface area (Å²) >= 11 is 0. The van der Waals surface area contributed by atoms with Crippen molar-refractivity contribution in [2.75, 3.05) is 13.1 Å². The molecule has 0 saturated heterocycles. The summed E-state index contributed by atoms with van der Waals surface area (Å²) in [6, 6.07) is 5.48. The average Bonchev–Trinajstić information content (AvgIpc) is 3.01. The standard InChI is InChI=1S/C14H17N7O/c1-11(12-2-4-16-5-3-12)9-18-14(22)17-6-7-21-10-19-13(8-15)20-21/h2-5,10-11H,6-7,9H2,1H3,(H2,17,18,22). The smallest absolute Gasteiger partial charge is 0.314 e. The van der Waals surface area contributed by atoms with Gasteiger partial charge < -0.3 is 10.6 Å². The summed E-state index contributed by atoms with van der Waals surface area (Å²) in [4.78, 5) is 19.4. The molecule has 2 heterocycles. The van der Waals surface area contributed by atoms with Gasteiger partial charge in [-0.05, 0) is 23.6 Å². The van der Waals surface area contributed by atoms with Crippen molar-refractivity contribution in [1.29, 1.82) is 5.26 Å². The summed E-state index contributed by atoms with van der Waals surface area (Å²) in [5, 5.41) is 18.1. The Hall–Kier alpha value is -2.95. The largest absolute Gasteiger partial charge is 0.338 e. The molecule has 1 unspecified atom stereocenters. The number of hydrogen-bond acceptors (Lipinski definition) is 5. The van der Waals surface area contributed by atoms with Crippen molar-refractivity contribution in [3.05, 3.63) is 42.2 Å². The van der Waals surface area contributed by atoms with Crippen LogP contribution in [0.15, 0.2) is 30.9 Å². The van der Waals surface area contributed by atoms with Crippen LogP contribution in [-0.2, 0) is 6.54 Å². The first-order valence-corrected chi connectivity index (χ1v) is 6.90. The summed E-state index contributed by atoms with van der Waals surface area (Å²) in [6.07, 6.45) is 4.93. The molecule has 2 amide bonds. The molecule has 0 bridgehead atoms. The Morgan fingerprint density at radius 3 is 2.86 bits per heavy atom. The van der Waals surface area contributed by atoms with Crippen LogP contribution in [0.4, 0.5) is 4.79 Å². The second-order valence-electron chi connectivity index (χ2n) is 4.76. The van der Waals surface area contributed by atoms with Crippen molar-refractivity contribution in [3.8, 4) is 6.07 Å². The Morgan fingerprint density at radius 2 is 2.18 bits per heavy atom. The summed E-state index contributed by atoms with van der Waals surface area (Å²) in [5.41, 5.74) is 1.13. The molecule has 0 aromatic carbocycles. The van der Waals surface area contributed by atoms with Crippen molar-refractivity contribution in [2.45, 2.75) is 19.4 Å². The van der Waals surface area contributed by atoms with Crippen LogP contribution in [0.1, 0.15) is 24.2 Å². The number of carbonyl (C=O) groups is 1. The van der Waals surface area contributed by atoms with E-state index in [-0.39, 0.29) is 17.8 Å². The van der Waals surface area contributed by atoms with E-state index in [9.17, 15) is 4.79 Å². The van der Waals surface area contributed by atoms with Gasteiger partial charge in [0.1, 0.15) is 12.4 Å². The minimum absolute atomic E-state index is 0.121. The highest BCUT2D eigenvalue weighted by atomic mass is 16.2. The Labute approximate surface area is 128 Å². The molecule has 2 aromatic rings. The first-order valence-electron chi connectivity index (χ1n) is 6.90. The Balaban J connectivity index is 1.67. The predicted molar refractivity (Wildman–Crippen MR) is 78.8 cm³/mol. The number of amides is 2. The first kappa shape index (κ1) is 15.4. The molecular formula is C14H17N7O. The van der Waals surface area contributed by atoms with Crippen molar-refractivity contribution in [1.82, 2.24) is 30.4 Å². The van der Waals surface area contributed by atoms with Crippen LogP contribution in [0, 0.1) is 11.3 Å². The maximum Gasteiger partial charge on any atom is 0.314 e. The van der Waals surface area contributed by atoms with Crippen molar-refractivity contribution >= 4 is 6.03 Å². The van der Waals surface area contributed by atoms with Crippen LogP contribution in [0.25, 0.3) is 0 Å². The first-order chi connectivity index (χ1) is 10.7. The van der Waals surface area contributed by atoms with Crippen molar-refractivity contribution < 1.29 is 4.79 Å². The summed E-state index contributed by atoms with van der Waals surface area (Å²) in [6.45, 7) is 3.44. The molecule has 0 aliphatic heterocycles. The number of rotatable bonds is 6. The van der Waals surface area contributed by atoms with Crippen LogP contribution in [-0.4, -0.2) is 38.9 Å². The maximum atomic E-state index is 11.7. The van der Waals surface area contributed by atoms with E-state index in [2.05, 4.69) is 25.7 Å². The highest BCUT2D eigenvalue weighted by Gasteiger charge is 2.07. The third-order valence-electron chi connectivity index (χ3n) is 3.11. The molecule has 1 atom stereocenters. The fourth-order valence-electron chi connectivity index (χ4n) is 1.86. The molecular weight excluding hydrogens is 282 g/mol. The molecule has 0 spiro atoms. The van der Waals surface area contributed by atoms with Gasteiger partial charge in [0.2, 0.25) is 0 Å². The molecule has 0 radical (unpaired) electrons. The summed E-state index contributed by atoms with van der Waals surface area (Å²) in [7, 11) is 0. The lowest BCUT2D eigenvalue weighted by Gasteiger charge is -2.13. The van der Waals surface area contributed by atoms with Crippen molar-refractivity contribution in [3.63, 3.8) is 0 Å². The number of nitrogens with one attached hydrogen (secondary N) is 2. The van der Waals surface area contributed by atoms with Crippen LogP contribution in [0.2, 0.25) is 0 Å². The Bertz CT molecular complexity index is 647. The number of hydrogen-bond donors (Lipinski definition) is 2. The van der Waals surface area contributed by atoms with E-state index in [0.717, 1.165) is 5.56 Å². The number of pyridine rings is 1. The molecule has 0 aliphatic rings. The normalized spacial score (nSPS) is 11.5. The zero-order valence-electron chi connectivity index (χ0n) is 12.2. The molecule has 0 aliphatic carbocycles. The van der Waals surface area contributed by atoms with Gasteiger partial charge in [-0.25, -0.2) is 14.5 Å². The SMILES string of the molecule is CC(CNC(=O)NCCn1cnc(C#N)n1)c1ccncc1. The van der Waals surface area contributed by atoms with Crippen LogP contribution >= 0.6 is 0 Å². The summed E-state index contributed by atoms with van der Waals surface area (Å²) in [5.74, 6) is 0.331. The molecule has 22 heavy (non-hydrogen) atoms. The number of aromatic nitrogens is 4. The third-order valence-corrected chi connectivity index (χ3v) is 3.11. The number of nitriles is 1. The lowest BCUT2D eigenvalue weighted by molar-refractivity contribution is 0.240. The van der Waals surface area contributed by atoms with Gasteiger partial charge in [-0.1, -0.05) is 6.92 Å². The monoisotopic (exact) mass is 299 g/mol. The van der Waals surface area contributed by atoms with Crippen LogP contribution < -0.4 is 10.6 Å². The second kappa shape index (κ2) is 7.73. The van der Waals surface area contributed by atoms with Gasteiger partial charge in [0.25, 0.3) is 5.82 Å². The molecule has 2 N–H and O–H groups in total. The maximum absolute atomic E-state index is 11.7. The van der Waals surface area contributed by atoms with Gasteiger partial charge in [-0.3, -0.25) is 4.98 Å². The lowest BCUT2D eigenvalue weighted by Crippen LogP contribution is -2.38. The van der Waals surface area contributed by atoms with Gasteiger partial charge in [0, 0.05) is 25.5 Å². The molecule has 0 saturated carbocycles. The fraction of sp³-hybridized carbons (Fsp3) is 0.357. The minimum atomic E-state index is -0.235. The number of nitrogens with zero attached hydrogens (tertiary/aromatic N) is 5. The fourth-order valence-corrected chi connectivity index (χ4v) is 1.86. The van der Waals surface area contributed by atoms with E-state index in [1.54, 1.807) is 12.4 Å². The third kappa shape index (κ3) is 4.56. The highest BCUT2D eigenvalue weighted by molar-refractivity contribution is 5.73. The Morgan fingerprint density at radius 1 is 1.41 bits per heavy atom. The molecule has 8 heteroatoms. The molecule has 0 fully saturated rings. The van der Waals surface area contributed by atoms with Crippen molar-refractivity contribution in [2.24, 2.45) is 0 Å². The van der Waals surface area contributed by atoms with E-state index in [1.165, 1.54) is 11.0 Å². The topological polar surface area (TPSA) is 109 Å². The quantitative estimate of drug-likeness (QED) is 0.814. The average molecular weight is 299 g/mol. The van der Waals surface area contributed by atoms with E-state index in [4.69, 9.17) is 5.26 Å². The predicted octanol–water partition coefficient (Wildman–Crippen LogP) is 0.648. The summed E-state index contributed by atoms with van der Waals surface area (Å²) < 4.78 is 1.51. The highest BCUT2D eigenvalue weighted by Crippen LogP contribution is 2.11. The van der Waals surface area contributed by atoms with E-state index >= 15 is 0 Å². The minimum Gasteiger partial charge on any atom is -0.338 e. The zero-order valence-corrected chi connectivity index (χ0v) is 12.2. The van der Waals surface area contributed by atoms with Gasteiger partial charge in [0.15, 0.2) is 0 Å². The molecule has 8 nitrogen and oxygen atoms in total. The van der Waals surface area contributed by atoms with Gasteiger partial charge in [0.05, 0.1) is 6.54 Å². The van der Waals surface area contributed by atoms with E-state index in [0.29, 0.717) is 19.6 Å². The van der Waals surface area contributed by atoms with Gasteiger partial charge in [-0.15, -0.1) is 5.10 Å². The van der Waals surface area contributed by atoms with Gasteiger partial charge in [-0.2, -0.15) is 5.26 Å². The lowest BCUT2D eigenvalue weighted by atomic mass is 10.0.